The van der Waals surface area contributed by atoms with Crippen molar-refractivity contribution in [2.75, 3.05) is 24.6 Å². The summed E-state index contributed by atoms with van der Waals surface area (Å²) in [5.74, 6) is 2.11. The Morgan fingerprint density at radius 1 is 0.923 bits per heavy atom. The van der Waals surface area contributed by atoms with Crippen LogP contribution in [0.15, 0.2) is 0 Å². The maximum absolute atomic E-state index is 2.48. The fraction of sp³-hybridized carbons (Fsp3) is 1.00. The van der Waals surface area contributed by atoms with Gasteiger partial charge >= 0.3 is 0 Å². The molecule has 78 valence electrons. The first kappa shape index (κ1) is 12.2. The van der Waals surface area contributed by atoms with E-state index in [1.54, 1.807) is 37.5 Å². The van der Waals surface area contributed by atoms with E-state index in [4.69, 9.17) is 0 Å². The smallest absolute Gasteiger partial charge is 0.0620 e. The third-order valence-electron chi connectivity index (χ3n) is 3.72. The van der Waals surface area contributed by atoms with E-state index in [1.807, 2.05) is 0 Å². The van der Waals surface area contributed by atoms with Crippen LogP contribution in [0.5, 0.6) is 0 Å². The van der Waals surface area contributed by atoms with Crippen LogP contribution in [0.2, 0.25) is 0 Å². The Kier molecular flexibility index (Phi) is 4.50. The average Bonchev–Trinajstić information content (AvgIpc) is 2.33. The second-order valence-corrected chi connectivity index (χ2v) is 9.62. The lowest BCUT2D eigenvalue weighted by Crippen LogP contribution is -2.24. The van der Waals surface area contributed by atoms with Crippen LogP contribution in [0.1, 0.15) is 33.1 Å². The Labute approximate surface area is 101 Å². The van der Waals surface area contributed by atoms with E-state index in [9.17, 15) is 0 Å². The van der Waals surface area contributed by atoms with Gasteiger partial charge in [-0.3, -0.25) is 0 Å². The second-order valence-electron chi connectivity index (χ2n) is 5.31. The molecule has 0 aliphatic carbocycles. The third-order valence-corrected chi connectivity index (χ3v) is 9.04. The minimum atomic E-state index is -0.353. The van der Waals surface area contributed by atoms with Crippen LogP contribution < -0.4 is 0 Å². The first-order valence-electron chi connectivity index (χ1n) is 5.55. The molecule has 0 nitrogen and oxygen atoms in total. The van der Waals surface area contributed by atoms with Gasteiger partial charge in [-0.15, -0.1) is 24.0 Å². The lowest BCUT2D eigenvalue weighted by atomic mass is 10.00. The van der Waals surface area contributed by atoms with Gasteiger partial charge in [0.15, 0.2) is 0 Å². The molecule has 0 aromatic heterocycles. The summed E-state index contributed by atoms with van der Waals surface area (Å²) >= 11 is 0. The Balaban J connectivity index is 0.000000845. The maximum Gasteiger partial charge on any atom is 0.0620 e. The fourth-order valence-corrected chi connectivity index (χ4v) is 9.44. The molecule has 0 aromatic rings. The molecule has 0 radical (unpaired) electrons. The van der Waals surface area contributed by atoms with Crippen LogP contribution in [0.4, 0.5) is 0 Å². The van der Waals surface area contributed by atoms with Crippen molar-refractivity contribution in [1.82, 2.24) is 0 Å². The molecule has 13 heavy (non-hydrogen) atoms. The van der Waals surface area contributed by atoms with Crippen molar-refractivity contribution in [2.45, 2.75) is 33.1 Å². The standard InChI is InChI=1S/C11H22P.HI/c1-10-7-11(2)9-12(8-10)5-3-4-6-12;/h10-11H,3-9H2,1-2H3;1H/q+1;. The van der Waals surface area contributed by atoms with Crippen molar-refractivity contribution in [1.29, 1.82) is 0 Å². The van der Waals surface area contributed by atoms with Gasteiger partial charge in [-0.2, -0.15) is 0 Å². The quantitative estimate of drug-likeness (QED) is 0.467. The highest BCUT2D eigenvalue weighted by molar-refractivity contribution is 14.0. The van der Waals surface area contributed by atoms with Gasteiger partial charge in [0.05, 0.1) is 24.6 Å². The highest BCUT2D eigenvalue weighted by Gasteiger charge is 2.45. The van der Waals surface area contributed by atoms with Gasteiger partial charge in [0, 0.05) is 7.26 Å². The van der Waals surface area contributed by atoms with E-state index in [0.717, 1.165) is 11.8 Å². The molecule has 0 amide bonds. The van der Waals surface area contributed by atoms with E-state index in [-0.39, 0.29) is 31.2 Å². The molecule has 2 heteroatoms. The second kappa shape index (κ2) is 4.79. The monoisotopic (exact) mass is 313 g/mol. The molecule has 2 fully saturated rings. The topological polar surface area (TPSA) is 0 Å². The summed E-state index contributed by atoms with van der Waals surface area (Å²) in [4.78, 5) is 0. The summed E-state index contributed by atoms with van der Waals surface area (Å²) in [6, 6.07) is 0. The lowest BCUT2D eigenvalue weighted by Gasteiger charge is -2.34. The Bertz CT molecular complexity index is 151. The van der Waals surface area contributed by atoms with Crippen molar-refractivity contribution in [3.63, 3.8) is 0 Å². The SMILES string of the molecule is CC1CC(C)C[P+]2(CCCC2)C1.I. The van der Waals surface area contributed by atoms with Crippen molar-refractivity contribution in [3.05, 3.63) is 0 Å². The molecule has 2 heterocycles. The predicted octanol–water partition coefficient (Wildman–Crippen LogP) is 4.09. The molecule has 2 rings (SSSR count). The first-order chi connectivity index (χ1) is 5.70. The maximum atomic E-state index is 2.48. The van der Waals surface area contributed by atoms with Crippen molar-refractivity contribution in [3.8, 4) is 0 Å². The van der Waals surface area contributed by atoms with Crippen LogP contribution in [-0.4, -0.2) is 24.6 Å². The van der Waals surface area contributed by atoms with E-state index >= 15 is 0 Å². The number of rotatable bonds is 0. The number of halogens is 1. The molecule has 2 aliphatic rings. The molecule has 2 aliphatic heterocycles. The summed E-state index contributed by atoms with van der Waals surface area (Å²) in [5.41, 5.74) is 0. The van der Waals surface area contributed by atoms with Gasteiger partial charge in [0.2, 0.25) is 0 Å². The van der Waals surface area contributed by atoms with Gasteiger partial charge < -0.3 is 0 Å². The highest BCUT2D eigenvalue weighted by atomic mass is 127. The zero-order valence-electron chi connectivity index (χ0n) is 8.96. The highest BCUT2D eigenvalue weighted by Crippen LogP contribution is 2.68. The zero-order valence-corrected chi connectivity index (χ0v) is 12.2. The molecule has 0 bridgehead atoms. The molecule has 2 saturated heterocycles. The summed E-state index contributed by atoms with van der Waals surface area (Å²) < 4.78 is 0. The molecule has 1 spiro atoms. The van der Waals surface area contributed by atoms with Crippen LogP contribution in [-0.2, 0) is 0 Å². The minimum Gasteiger partial charge on any atom is -0.107 e. The normalized spacial score (nSPS) is 37.4. The van der Waals surface area contributed by atoms with E-state index in [1.165, 1.54) is 6.42 Å². The molecule has 0 aromatic carbocycles. The van der Waals surface area contributed by atoms with E-state index in [2.05, 4.69) is 13.8 Å². The van der Waals surface area contributed by atoms with Crippen LogP contribution in [0.3, 0.4) is 0 Å². The third kappa shape index (κ3) is 2.81. The Morgan fingerprint density at radius 2 is 1.38 bits per heavy atom. The number of hydrogen-bond acceptors (Lipinski definition) is 0. The fourth-order valence-electron chi connectivity index (χ4n) is 3.60. The van der Waals surface area contributed by atoms with Crippen molar-refractivity contribution < 1.29 is 0 Å². The zero-order chi connectivity index (χ0) is 8.60. The minimum absolute atomic E-state index is 0. The summed E-state index contributed by atoms with van der Waals surface area (Å²) in [5, 5.41) is 0. The number of hydrogen-bond donors (Lipinski definition) is 0. The Morgan fingerprint density at radius 3 is 1.85 bits per heavy atom. The van der Waals surface area contributed by atoms with Gasteiger partial charge in [-0.05, 0) is 31.1 Å². The molecular formula is C11H23IP+. The van der Waals surface area contributed by atoms with Crippen LogP contribution >= 0.6 is 31.2 Å². The molecule has 0 N–H and O–H groups in total. The van der Waals surface area contributed by atoms with Crippen molar-refractivity contribution >= 4 is 31.2 Å². The average molecular weight is 313 g/mol. The molecular weight excluding hydrogens is 290 g/mol. The van der Waals surface area contributed by atoms with Crippen LogP contribution in [0, 0.1) is 11.8 Å². The first-order valence-corrected chi connectivity index (χ1v) is 8.08. The molecule has 0 saturated carbocycles. The van der Waals surface area contributed by atoms with Gasteiger partial charge in [0.1, 0.15) is 0 Å². The predicted molar refractivity (Wildman–Crippen MR) is 74.0 cm³/mol. The van der Waals surface area contributed by atoms with Crippen molar-refractivity contribution in [2.24, 2.45) is 11.8 Å². The van der Waals surface area contributed by atoms with Gasteiger partial charge in [-0.1, -0.05) is 13.8 Å². The molecule has 2 unspecified atom stereocenters. The Hall–Kier alpha value is 1.16. The lowest BCUT2D eigenvalue weighted by molar-refractivity contribution is 0.454. The summed E-state index contributed by atoms with van der Waals surface area (Å²) in [6.07, 6.45) is 11.3. The summed E-state index contributed by atoms with van der Waals surface area (Å²) in [7, 11) is -0.353. The molecule has 2 atom stereocenters. The van der Waals surface area contributed by atoms with E-state index in [0.29, 0.717) is 0 Å². The van der Waals surface area contributed by atoms with Gasteiger partial charge in [-0.25, -0.2) is 0 Å². The largest absolute Gasteiger partial charge is 0.107 e. The van der Waals surface area contributed by atoms with Gasteiger partial charge in [0.25, 0.3) is 0 Å². The van der Waals surface area contributed by atoms with E-state index < -0.39 is 0 Å². The summed E-state index contributed by atoms with van der Waals surface area (Å²) in [6.45, 7) is 4.96. The van der Waals surface area contributed by atoms with Crippen LogP contribution in [0.25, 0.3) is 0 Å².